The van der Waals surface area contributed by atoms with E-state index >= 15 is 0 Å². The summed E-state index contributed by atoms with van der Waals surface area (Å²) in [6, 6.07) is 8.13. The van der Waals surface area contributed by atoms with Gasteiger partial charge in [-0.25, -0.2) is 4.79 Å². The molecule has 0 aliphatic heterocycles. The molecular formula is C16H24N2O3. The lowest BCUT2D eigenvalue weighted by Gasteiger charge is -2.22. The summed E-state index contributed by atoms with van der Waals surface area (Å²) < 4.78 is 5.09. The number of rotatable bonds is 8. The second-order valence-corrected chi connectivity index (χ2v) is 4.78. The highest BCUT2D eigenvalue weighted by molar-refractivity contribution is 5.83. The van der Waals surface area contributed by atoms with E-state index in [0.717, 1.165) is 12.0 Å². The Morgan fingerprint density at radius 2 is 1.86 bits per heavy atom. The number of nitrogens with one attached hydrogen (secondary N) is 2. The number of amides is 1. The quantitative estimate of drug-likeness (QED) is 0.717. The summed E-state index contributed by atoms with van der Waals surface area (Å²) >= 11 is 0. The molecule has 0 saturated heterocycles. The number of ether oxygens (including phenoxy) is 1. The summed E-state index contributed by atoms with van der Waals surface area (Å²) in [4.78, 5) is 24.0. The molecule has 0 spiro atoms. The Morgan fingerprint density at radius 1 is 1.19 bits per heavy atom. The molecule has 21 heavy (non-hydrogen) atoms. The lowest BCUT2D eigenvalue weighted by atomic mass is 10.1. The van der Waals surface area contributed by atoms with Gasteiger partial charge in [0.1, 0.15) is 6.04 Å². The van der Waals surface area contributed by atoms with Crippen LogP contribution in [0.15, 0.2) is 30.3 Å². The minimum Gasteiger partial charge on any atom is -0.465 e. The minimum atomic E-state index is -0.645. The van der Waals surface area contributed by atoms with Gasteiger partial charge in [0.25, 0.3) is 0 Å². The van der Waals surface area contributed by atoms with Crippen molar-refractivity contribution in [2.24, 2.45) is 0 Å². The SMILES string of the molecule is CCCNC(=O)C(C)NC(C(=O)OCC)c1ccccc1. The van der Waals surface area contributed by atoms with Gasteiger partial charge in [-0.15, -0.1) is 0 Å². The number of carbonyl (C=O) groups is 2. The molecule has 0 saturated carbocycles. The zero-order valence-corrected chi connectivity index (χ0v) is 12.9. The molecular weight excluding hydrogens is 268 g/mol. The van der Waals surface area contributed by atoms with Crippen molar-refractivity contribution in [2.75, 3.05) is 13.2 Å². The smallest absolute Gasteiger partial charge is 0.327 e. The largest absolute Gasteiger partial charge is 0.465 e. The van der Waals surface area contributed by atoms with Crippen molar-refractivity contribution in [2.45, 2.75) is 39.3 Å². The lowest BCUT2D eigenvalue weighted by molar-refractivity contribution is -0.146. The fraction of sp³-hybridized carbons (Fsp3) is 0.500. The van der Waals surface area contributed by atoms with Gasteiger partial charge >= 0.3 is 5.97 Å². The van der Waals surface area contributed by atoms with E-state index in [1.165, 1.54) is 0 Å². The zero-order chi connectivity index (χ0) is 15.7. The third-order valence-electron chi connectivity index (χ3n) is 3.01. The van der Waals surface area contributed by atoms with Crippen molar-refractivity contribution in [3.05, 3.63) is 35.9 Å². The molecule has 0 aromatic heterocycles. The summed E-state index contributed by atoms with van der Waals surface area (Å²) in [5, 5.41) is 5.85. The molecule has 5 heteroatoms. The average molecular weight is 292 g/mol. The molecule has 1 rings (SSSR count). The predicted molar refractivity (Wildman–Crippen MR) is 81.7 cm³/mol. The monoisotopic (exact) mass is 292 g/mol. The van der Waals surface area contributed by atoms with Gasteiger partial charge in [-0.1, -0.05) is 37.3 Å². The summed E-state index contributed by atoms with van der Waals surface area (Å²) in [5.74, 6) is -0.499. The van der Waals surface area contributed by atoms with E-state index in [-0.39, 0.29) is 11.9 Å². The molecule has 5 nitrogen and oxygen atoms in total. The molecule has 0 heterocycles. The maximum atomic E-state index is 12.1. The maximum absolute atomic E-state index is 12.1. The second-order valence-electron chi connectivity index (χ2n) is 4.78. The van der Waals surface area contributed by atoms with Crippen molar-refractivity contribution in [1.29, 1.82) is 0 Å². The Labute approximate surface area is 126 Å². The van der Waals surface area contributed by atoms with E-state index in [1.54, 1.807) is 13.8 Å². The highest BCUT2D eigenvalue weighted by Gasteiger charge is 2.25. The van der Waals surface area contributed by atoms with Crippen LogP contribution in [-0.4, -0.2) is 31.1 Å². The van der Waals surface area contributed by atoms with Crippen LogP contribution in [0.4, 0.5) is 0 Å². The average Bonchev–Trinajstić information content (AvgIpc) is 2.50. The second kappa shape index (κ2) is 9.13. The van der Waals surface area contributed by atoms with Gasteiger partial charge < -0.3 is 10.1 Å². The fourth-order valence-corrected chi connectivity index (χ4v) is 1.90. The van der Waals surface area contributed by atoms with Crippen LogP contribution in [0.2, 0.25) is 0 Å². The van der Waals surface area contributed by atoms with Crippen LogP contribution in [0.25, 0.3) is 0 Å². The van der Waals surface area contributed by atoms with Crippen LogP contribution in [0.1, 0.15) is 38.8 Å². The third-order valence-corrected chi connectivity index (χ3v) is 3.01. The summed E-state index contributed by atoms with van der Waals surface area (Å²) in [6.45, 7) is 6.42. The number of carbonyl (C=O) groups excluding carboxylic acids is 2. The first-order valence-electron chi connectivity index (χ1n) is 7.35. The predicted octanol–water partition coefficient (Wildman–Crippen LogP) is 1.80. The molecule has 2 atom stereocenters. The minimum absolute atomic E-state index is 0.123. The first-order valence-corrected chi connectivity index (χ1v) is 7.35. The van der Waals surface area contributed by atoms with Crippen molar-refractivity contribution >= 4 is 11.9 Å². The highest BCUT2D eigenvalue weighted by atomic mass is 16.5. The van der Waals surface area contributed by atoms with Crippen molar-refractivity contribution in [3.63, 3.8) is 0 Å². The summed E-state index contributed by atoms with van der Waals surface area (Å²) in [6.07, 6.45) is 0.873. The Kier molecular flexibility index (Phi) is 7.46. The number of hydrogen-bond donors (Lipinski definition) is 2. The number of hydrogen-bond acceptors (Lipinski definition) is 4. The molecule has 1 amide bonds. The Bertz CT molecular complexity index is 448. The van der Waals surface area contributed by atoms with Crippen molar-refractivity contribution in [1.82, 2.24) is 10.6 Å². The first kappa shape index (κ1) is 17.2. The van der Waals surface area contributed by atoms with E-state index in [2.05, 4.69) is 10.6 Å². The highest BCUT2D eigenvalue weighted by Crippen LogP contribution is 2.15. The van der Waals surface area contributed by atoms with Gasteiger partial charge in [0.05, 0.1) is 12.6 Å². The first-order chi connectivity index (χ1) is 10.1. The van der Waals surface area contributed by atoms with Crippen molar-refractivity contribution in [3.8, 4) is 0 Å². The van der Waals surface area contributed by atoms with E-state index < -0.39 is 12.1 Å². The van der Waals surface area contributed by atoms with Gasteiger partial charge in [0.15, 0.2) is 0 Å². The summed E-state index contributed by atoms with van der Waals surface area (Å²) in [5.41, 5.74) is 0.783. The van der Waals surface area contributed by atoms with Gasteiger partial charge in [0.2, 0.25) is 5.91 Å². The van der Waals surface area contributed by atoms with E-state index in [4.69, 9.17) is 4.74 Å². The van der Waals surface area contributed by atoms with Crippen LogP contribution in [0.3, 0.4) is 0 Å². The number of esters is 1. The van der Waals surface area contributed by atoms with Gasteiger partial charge in [-0.3, -0.25) is 10.1 Å². The van der Waals surface area contributed by atoms with Crippen LogP contribution >= 0.6 is 0 Å². The van der Waals surface area contributed by atoms with Crippen LogP contribution in [0, 0.1) is 0 Å². The Balaban J connectivity index is 2.78. The van der Waals surface area contributed by atoms with E-state index in [9.17, 15) is 9.59 Å². The Hall–Kier alpha value is -1.88. The molecule has 0 aliphatic rings. The normalized spacial score (nSPS) is 13.3. The maximum Gasteiger partial charge on any atom is 0.327 e. The molecule has 1 aromatic carbocycles. The van der Waals surface area contributed by atoms with Crippen LogP contribution in [-0.2, 0) is 14.3 Å². The lowest BCUT2D eigenvalue weighted by Crippen LogP contribution is -2.46. The molecule has 1 aromatic rings. The van der Waals surface area contributed by atoms with Crippen molar-refractivity contribution < 1.29 is 14.3 Å². The fourth-order valence-electron chi connectivity index (χ4n) is 1.90. The van der Waals surface area contributed by atoms with Crippen LogP contribution < -0.4 is 10.6 Å². The van der Waals surface area contributed by atoms with Crippen LogP contribution in [0.5, 0.6) is 0 Å². The molecule has 0 fully saturated rings. The molecule has 116 valence electrons. The van der Waals surface area contributed by atoms with E-state index in [1.807, 2.05) is 37.3 Å². The number of benzene rings is 1. The molecule has 0 radical (unpaired) electrons. The molecule has 2 unspecified atom stereocenters. The topological polar surface area (TPSA) is 67.4 Å². The third kappa shape index (κ3) is 5.55. The Morgan fingerprint density at radius 3 is 2.43 bits per heavy atom. The molecule has 0 aliphatic carbocycles. The molecule has 2 N–H and O–H groups in total. The van der Waals surface area contributed by atoms with Gasteiger partial charge in [-0.05, 0) is 25.8 Å². The van der Waals surface area contributed by atoms with Gasteiger partial charge in [0, 0.05) is 6.54 Å². The standard InChI is InChI=1S/C16H24N2O3/c1-4-11-17-15(19)12(3)18-14(16(20)21-5-2)13-9-7-6-8-10-13/h6-10,12,14,18H,4-5,11H2,1-3H3,(H,17,19). The summed E-state index contributed by atoms with van der Waals surface area (Å²) in [7, 11) is 0. The van der Waals surface area contributed by atoms with Gasteiger partial charge in [-0.2, -0.15) is 0 Å². The molecule has 0 bridgehead atoms. The zero-order valence-electron chi connectivity index (χ0n) is 12.9. The van der Waals surface area contributed by atoms with E-state index in [0.29, 0.717) is 13.2 Å².